The van der Waals surface area contributed by atoms with Gasteiger partial charge in [0, 0.05) is 5.92 Å². The van der Waals surface area contributed by atoms with E-state index >= 15 is 0 Å². The van der Waals surface area contributed by atoms with Crippen LogP contribution in [0.2, 0.25) is 0 Å². The molecule has 0 saturated heterocycles. The van der Waals surface area contributed by atoms with E-state index in [1.807, 2.05) is 0 Å². The molecule has 0 N–H and O–H groups in total. The standard InChI is InChI=1S/C8H13FO/c1-6-3-4-7(9)5-8(6)10-2/h5-7H,3-4H2,1-2H3. The topological polar surface area (TPSA) is 9.23 Å². The first-order chi connectivity index (χ1) is 4.74. The maximum Gasteiger partial charge on any atom is 0.122 e. The van der Waals surface area contributed by atoms with Crippen LogP contribution < -0.4 is 0 Å². The lowest BCUT2D eigenvalue weighted by molar-refractivity contribution is 0.207. The van der Waals surface area contributed by atoms with Gasteiger partial charge in [0.15, 0.2) is 0 Å². The highest BCUT2D eigenvalue weighted by Gasteiger charge is 2.19. The number of hydrogen-bond donors (Lipinski definition) is 0. The SMILES string of the molecule is COC1=CC(F)CCC1C. The maximum atomic E-state index is 12.6. The molecule has 0 saturated carbocycles. The zero-order chi connectivity index (χ0) is 7.56. The fraction of sp³-hybridized carbons (Fsp3) is 0.750. The van der Waals surface area contributed by atoms with Gasteiger partial charge in [0.05, 0.1) is 12.9 Å². The summed E-state index contributed by atoms with van der Waals surface area (Å²) < 4.78 is 17.6. The molecule has 1 aliphatic carbocycles. The Labute approximate surface area is 60.9 Å². The van der Waals surface area contributed by atoms with Gasteiger partial charge in [-0.05, 0) is 18.9 Å². The summed E-state index contributed by atoms with van der Waals surface area (Å²) in [5.41, 5.74) is 0. The first-order valence-electron chi connectivity index (χ1n) is 3.64. The van der Waals surface area contributed by atoms with Gasteiger partial charge in [-0.15, -0.1) is 0 Å². The van der Waals surface area contributed by atoms with Crippen molar-refractivity contribution >= 4 is 0 Å². The summed E-state index contributed by atoms with van der Waals surface area (Å²) in [6.45, 7) is 2.06. The molecule has 0 bridgehead atoms. The molecular weight excluding hydrogens is 131 g/mol. The largest absolute Gasteiger partial charge is 0.501 e. The Balaban J connectivity index is 2.62. The Kier molecular flexibility index (Phi) is 2.30. The number of halogens is 1. The molecule has 1 nitrogen and oxygen atoms in total. The Morgan fingerprint density at radius 1 is 1.60 bits per heavy atom. The Morgan fingerprint density at radius 2 is 2.30 bits per heavy atom. The molecule has 58 valence electrons. The first kappa shape index (κ1) is 7.58. The lowest BCUT2D eigenvalue weighted by Crippen LogP contribution is -2.13. The molecule has 0 spiro atoms. The third-order valence-corrected chi connectivity index (χ3v) is 1.94. The Hall–Kier alpha value is -0.530. The Bertz CT molecular complexity index is 142. The van der Waals surface area contributed by atoms with Gasteiger partial charge in [-0.1, -0.05) is 6.92 Å². The zero-order valence-electron chi connectivity index (χ0n) is 6.43. The van der Waals surface area contributed by atoms with Crippen LogP contribution in [0.5, 0.6) is 0 Å². The second kappa shape index (κ2) is 3.04. The third-order valence-electron chi connectivity index (χ3n) is 1.94. The highest BCUT2D eigenvalue weighted by molar-refractivity contribution is 5.05. The molecule has 0 aromatic carbocycles. The number of ether oxygens (including phenoxy) is 1. The minimum Gasteiger partial charge on any atom is -0.501 e. The monoisotopic (exact) mass is 144 g/mol. The van der Waals surface area contributed by atoms with Gasteiger partial charge >= 0.3 is 0 Å². The van der Waals surface area contributed by atoms with Gasteiger partial charge in [0.25, 0.3) is 0 Å². The van der Waals surface area contributed by atoms with Crippen molar-refractivity contribution in [2.45, 2.75) is 25.9 Å². The molecule has 0 fully saturated rings. The lowest BCUT2D eigenvalue weighted by Gasteiger charge is -2.20. The van der Waals surface area contributed by atoms with Crippen molar-refractivity contribution in [1.29, 1.82) is 0 Å². The zero-order valence-corrected chi connectivity index (χ0v) is 6.43. The van der Waals surface area contributed by atoms with Crippen LogP contribution in [0.15, 0.2) is 11.8 Å². The predicted molar refractivity (Wildman–Crippen MR) is 38.4 cm³/mol. The smallest absolute Gasteiger partial charge is 0.122 e. The van der Waals surface area contributed by atoms with E-state index < -0.39 is 6.17 Å². The minimum atomic E-state index is -0.786. The van der Waals surface area contributed by atoms with Crippen molar-refractivity contribution in [3.63, 3.8) is 0 Å². The molecule has 1 aliphatic rings. The van der Waals surface area contributed by atoms with Crippen molar-refractivity contribution in [2.75, 3.05) is 7.11 Å². The molecule has 0 aliphatic heterocycles. The average molecular weight is 144 g/mol. The summed E-state index contributed by atoms with van der Waals surface area (Å²) in [6, 6.07) is 0. The van der Waals surface area contributed by atoms with Crippen LogP contribution in [-0.2, 0) is 4.74 Å². The van der Waals surface area contributed by atoms with Gasteiger partial charge in [-0.3, -0.25) is 0 Å². The van der Waals surface area contributed by atoms with Crippen molar-refractivity contribution in [3.05, 3.63) is 11.8 Å². The van der Waals surface area contributed by atoms with Crippen LogP contribution in [0.4, 0.5) is 4.39 Å². The van der Waals surface area contributed by atoms with E-state index in [9.17, 15) is 4.39 Å². The van der Waals surface area contributed by atoms with E-state index in [1.54, 1.807) is 13.2 Å². The molecule has 0 amide bonds. The first-order valence-corrected chi connectivity index (χ1v) is 3.64. The van der Waals surface area contributed by atoms with Gasteiger partial charge in [0.2, 0.25) is 0 Å². The van der Waals surface area contributed by atoms with Gasteiger partial charge in [0.1, 0.15) is 6.17 Å². The molecule has 1 rings (SSSR count). The molecule has 0 aromatic heterocycles. The summed E-state index contributed by atoms with van der Waals surface area (Å²) in [6.07, 6.45) is 2.34. The summed E-state index contributed by atoms with van der Waals surface area (Å²) in [5.74, 6) is 1.20. The van der Waals surface area contributed by atoms with Crippen molar-refractivity contribution in [3.8, 4) is 0 Å². The van der Waals surface area contributed by atoms with Crippen molar-refractivity contribution in [1.82, 2.24) is 0 Å². The second-order valence-corrected chi connectivity index (χ2v) is 2.77. The van der Waals surface area contributed by atoms with E-state index in [2.05, 4.69) is 6.92 Å². The quantitative estimate of drug-likeness (QED) is 0.548. The van der Waals surface area contributed by atoms with Crippen molar-refractivity contribution < 1.29 is 9.13 Å². The second-order valence-electron chi connectivity index (χ2n) is 2.77. The predicted octanol–water partition coefficient (Wildman–Crippen LogP) is 2.28. The van der Waals surface area contributed by atoms with E-state index in [0.29, 0.717) is 12.3 Å². The normalized spacial score (nSPS) is 33.3. The van der Waals surface area contributed by atoms with E-state index in [0.717, 1.165) is 12.2 Å². The molecule has 10 heavy (non-hydrogen) atoms. The van der Waals surface area contributed by atoms with Crippen LogP contribution in [-0.4, -0.2) is 13.3 Å². The van der Waals surface area contributed by atoms with Crippen LogP contribution >= 0.6 is 0 Å². The number of alkyl halides is 1. The fourth-order valence-corrected chi connectivity index (χ4v) is 1.25. The van der Waals surface area contributed by atoms with Gasteiger partial charge < -0.3 is 4.74 Å². The molecular formula is C8H13FO. The number of methoxy groups -OCH3 is 1. The molecule has 0 radical (unpaired) electrons. The minimum absolute atomic E-state index is 0.400. The van der Waals surface area contributed by atoms with Crippen molar-refractivity contribution in [2.24, 2.45) is 5.92 Å². The maximum absolute atomic E-state index is 12.6. The molecule has 2 heteroatoms. The molecule has 2 atom stereocenters. The highest BCUT2D eigenvalue weighted by Crippen LogP contribution is 2.25. The number of rotatable bonds is 1. The van der Waals surface area contributed by atoms with E-state index in [-0.39, 0.29) is 0 Å². The van der Waals surface area contributed by atoms with Crippen LogP contribution in [0.25, 0.3) is 0 Å². The van der Waals surface area contributed by atoms with Crippen LogP contribution in [0, 0.1) is 5.92 Å². The molecule has 0 aromatic rings. The van der Waals surface area contributed by atoms with Crippen LogP contribution in [0.3, 0.4) is 0 Å². The number of hydrogen-bond acceptors (Lipinski definition) is 1. The lowest BCUT2D eigenvalue weighted by atomic mass is 9.95. The highest BCUT2D eigenvalue weighted by atomic mass is 19.1. The van der Waals surface area contributed by atoms with Gasteiger partial charge in [-0.25, -0.2) is 4.39 Å². The van der Waals surface area contributed by atoms with Gasteiger partial charge in [-0.2, -0.15) is 0 Å². The molecule has 2 unspecified atom stereocenters. The summed E-state index contributed by atoms with van der Waals surface area (Å²) in [5, 5.41) is 0. The summed E-state index contributed by atoms with van der Waals surface area (Å²) in [4.78, 5) is 0. The third kappa shape index (κ3) is 1.49. The van der Waals surface area contributed by atoms with Crippen LogP contribution in [0.1, 0.15) is 19.8 Å². The average Bonchev–Trinajstić information content (AvgIpc) is 1.94. The van der Waals surface area contributed by atoms with E-state index in [4.69, 9.17) is 4.74 Å². The fourth-order valence-electron chi connectivity index (χ4n) is 1.25. The summed E-state index contributed by atoms with van der Waals surface area (Å²) >= 11 is 0. The van der Waals surface area contributed by atoms with E-state index in [1.165, 1.54) is 0 Å². The molecule has 0 heterocycles. The Morgan fingerprint density at radius 3 is 2.80 bits per heavy atom. The number of allylic oxidation sites excluding steroid dienone is 2. The summed E-state index contributed by atoms with van der Waals surface area (Å²) in [7, 11) is 1.60.